The molecule has 27 heavy (non-hydrogen) atoms. The van der Waals surface area contributed by atoms with Crippen LogP contribution in [-0.2, 0) is 16.9 Å². The molecular formula is C24H31NO2. The lowest BCUT2D eigenvalue weighted by molar-refractivity contribution is -0.203. The van der Waals surface area contributed by atoms with Gasteiger partial charge in [-0.15, -0.1) is 0 Å². The Bertz CT molecular complexity index is 711. The van der Waals surface area contributed by atoms with E-state index in [1.54, 1.807) is 0 Å². The number of likely N-dealkylation sites (tertiary alicyclic amines) is 1. The maximum absolute atomic E-state index is 6.46. The maximum atomic E-state index is 6.46. The molecule has 0 aromatic heterocycles. The number of para-hydroxylation sites is 1. The molecule has 0 radical (unpaired) electrons. The van der Waals surface area contributed by atoms with Crippen molar-refractivity contribution in [3.63, 3.8) is 0 Å². The molecule has 2 heterocycles. The van der Waals surface area contributed by atoms with Crippen molar-refractivity contribution in [1.82, 2.24) is 4.90 Å². The highest BCUT2D eigenvalue weighted by Crippen LogP contribution is 2.40. The molecule has 1 fully saturated rings. The maximum Gasteiger partial charge on any atom is 0.237 e. The van der Waals surface area contributed by atoms with Crippen LogP contribution in [0.2, 0.25) is 0 Å². The molecular weight excluding hydrogens is 334 g/mol. The van der Waals surface area contributed by atoms with Gasteiger partial charge in [-0.3, -0.25) is 0 Å². The molecule has 0 bridgehead atoms. The standard InChI is InChI=1S/C24H31NO2/c1-3-12-22(13-4-1)24(16-15-21-11-5-6-14-23(21)27-24)26-20-10-2-7-17-25-18-8-9-19-25/h1,3-6,11-14H,2,7-10,15-20H2. The summed E-state index contributed by atoms with van der Waals surface area (Å²) < 4.78 is 12.9. The van der Waals surface area contributed by atoms with Crippen LogP contribution in [-0.4, -0.2) is 31.1 Å². The Morgan fingerprint density at radius 1 is 0.889 bits per heavy atom. The van der Waals surface area contributed by atoms with Crippen molar-refractivity contribution < 1.29 is 9.47 Å². The number of aryl methyl sites for hydroxylation is 1. The average molecular weight is 366 g/mol. The lowest BCUT2D eigenvalue weighted by Gasteiger charge is -2.38. The summed E-state index contributed by atoms with van der Waals surface area (Å²) in [6.07, 6.45) is 8.18. The van der Waals surface area contributed by atoms with Gasteiger partial charge >= 0.3 is 0 Å². The normalized spacial score (nSPS) is 22.4. The monoisotopic (exact) mass is 365 g/mol. The Kier molecular flexibility index (Phi) is 6.10. The van der Waals surface area contributed by atoms with Gasteiger partial charge in [-0.25, -0.2) is 0 Å². The van der Waals surface area contributed by atoms with Crippen LogP contribution in [0.15, 0.2) is 54.6 Å². The molecule has 2 aromatic rings. The van der Waals surface area contributed by atoms with E-state index in [0.29, 0.717) is 0 Å². The van der Waals surface area contributed by atoms with E-state index in [0.717, 1.165) is 37.2 Å². The SMILES string of the molecule is c1ccc(C2(OCCCCCN3CCCC3)CCc3ccccc3O2)cc1. The Balaban J connectivity index is 1.35. The quantitative estimate of drug-likeness (QED) is 0.604. The molecule has 0 aliphatic carbocycles. The first-order chi connectivity index (χ1) is 13.4. The van der Waals surface area contributed by atoms with Crippen LogP contribution in [0.5, 0.6) is 5.75 Å². The van der Waals surface area contributed by atoms with Crippen molar-refractivity contribution in [2.45, 2.75) is 50.7 Å². The van der Waals surface area contributed by atoms with Crippen molar-refractivity contribution in [2.24, 2.45) is 0 Å². The second kappa shape index (κ2) is 8.90. The van der Waals surface area contributed by atoms with Crippen molar-refractivity contribution >= 4 is 0 Å². The first-order valence-corrected chi connectivity index (χ1v) is 10.5. The molecule has 1 unspecified atom stereocenters. The first kappa shape index (κ1) is 18.5. The van der Waals surface area contributed by atoms with Crippen LogP contribution < -0.4 is 4.74 Å². The van der Waals surface area contributed by atoms with E-state index in [-0.39, 0.29) is 0 Å². The van der Waals surface area contributed by atoms with Crippen LogP contribution in [0.25, 0.3) is 0 Å². The summed E-state index contributed by atoms with van der Waals surface area (Å²) >= 11 is 0. The summed E-state index contributed by atoms with van der Waals surface area (Å²) in [5, 5.41) is 0. The van der Waals surface area contributed by atoms with Crippen molar-refractivity contribution in [2.75, 3.05) is 26.2 Å². The van der Waals surface area contributed by atoms with E-state index in [4.69, 9.17) is 9.47 Å². The van der Waals surface area contributed by atoms with E-state index in [2.05, 4.69) is 47.4 Å². The Morgan fingerprint density at radius 2 is 1.67 bits per heavy atom. The molecule has 2 aromatic carbocycles. The number of hydrogen-bond acceptors (Lipinski definition) is 3. The zero-order chi connectivity index (χ0) is 18.4. The molecule has 1 atom stereocenters. The highest BCUT2D eigenvalue weighted by atomic mass is 16.7. The molecule has 0 saturated carbocycles. The van der Waals surface area contributed by atoms with Crippen LogP contribution in [0.1, 0.15) is 49.7 Å². The number of fused-ring (bicyclic) bond motifs is 1. The number of nitrogens with zero attached hydrogens (tertiary/aromatic N) is 1. The topological polar surface area (TPSA) is 21.7 Å². The van der Waals surface area contributed by atoms with Gasteiger partial charge in [0.2, 0.25) is 5.79 Å². The molecule has 1 saturated heterocycles. The predicted molar refractivity (Wildman–Crippen MR) is 109 cm³/mol. The Morgan fingerprint density at radius 3 is 2.52 bits per heavy atom. The third-order valence-electron chi connectivity index (χ3n) is 5.84. The summed E-state index contributed by atoms with van der Waals surface area (Å²) in [5.41, 5.74) is 2.40. The van der Waals surface area contributed by atoms with Gasteiger partial charge in [-0.2, -0.15) is 0 Å². The van der Waals surface area contributed by atoms with E-state index in [9.17, 15) is 0 Å². The molecule has 2 aliphatic rings. The fraction of sp³-hybridized carbons (Fsp3) is 0.500. The van der Waals surface area contributed by atoms with Crippen LogP contribution in [0.4, 0.5) is 0 Å². The van der Waals surface area contributed by atoms with Crippen LogP contribution in [0.3, 0.4) is 0 Å². The minimum Gasteiger partial charge on any atom is -0.458 e. The minimum atomic E-state index is -0.648. The van der Waals surface area contributed by atoms with Crippen LogP contribution >= 0.6 is 0 Å². The fourth-order valence-corrected chi connectivity index (χ4v) is 4.28. The van der Waals surface area contributed by atoms with Crippen molar-refractivity contribution in [3.05, 3.63) is 65.7 Å². The largest absolute Gasteiger partial charge is 0.458 e. The number of rotatable bonds is 8. The molecule has 3 nitrogen and oxygen atoms in total. The van der Waals surface area contributed by atoms with Gasteiger partial charge in [-0.05, 0) is 69.8 Å². The van der Waals surface area contributed by atoms with Crippen molar-refractivity contribution in [3.8, 4) is 5.75 Å². The highest BCUT2D eigenvalue weighted by molar-refractivity contribution is 5.37. The minimum absolute atomic E-state index is 0.648. The summed E-state index contributed by atoms with van der Waals surface area (Å²) in [4.78, 5) is 2.59. The van der Waals surface area contributed by atoms with Gasteiger partial charge in [0.05, 0.1) is 6.61 Å². The van der Waals surface area contributed by atoms with Gasteiger partial charge in [0.1, 0.15) is 5.75 Å². The van der Waals surface area contributed by atoms with Crippen LogP contribution in [0, 0.1) is 0 Å². The Hall–Kier alpha value is -1.84. The summed E-state index contributed by atoms with van der Waals surface area (Å²) in [6.45, 7) is 4.58. The Labute approximate surface area is 163 Å². The van der Waals surface area contributed by atoms with Gasteiger partial charge in [0, 0.05) is 12.0 Å². The summed E-state index contributed by atoms with van der Waals surface area (Å²) in [6, 6.07) is 18.8. The van der Waals surface area contributed by atoms with E-state index >= 15 is 0 Å². The third-order valence-corrected chi connectivity index (χ3v) is 5.84. The molecule has 3 heteroatoms. The fourth-order valence-electron chi connectivity index (χ4n) is 4.28. The van der Waals surface area contributed by atoms with Gasteiger partial charge in [0.15, 0.2) is 0 Å². The molecule has 0 N–H and O–H groups in total. The van der Waals surface area contributed by atoms with Crippen molar-refractivity contribution in [1.29, 1.82) is 0 Å². The van der Waals surface area contributed by atoms with Gasteiger partial charge < -0.3 is 14.4 Å². The zero-order valence-corrected chi connectivity index (χ0v) is 16.2. The number of ether oxygens (including phenoxy) is 2. The van der Waals surface area contributed by atoms with Gasteiger partial charge in [-0.1, -0.05) is 48.5 Å². The molecule has 2 aliphatic heterocycles. The smallest absolute Gasteiger partial charge is 0.237 e. The average Bonchev–Trinajstić information content (AvgIpc) is 3.25. The molecule has 144 valence electrons. The lowest BCUT2D eigenvalue weighted by atomic mass is 9.94. The molecule has 0 spiro atoms. The zero-order valence-electron chi connectivity index (χ0n) is 16.2. The predicted octanol–water partition coefficient (Wildman–Crippen LogP) is 5.15. The first-order valence-electron chi connectivity index (χ1n) is 10.5. The van der Waals surface area contributed by atoms with E-state index < -0.39 is 5.79 Å². The third kappa shape index (κ3) is 4.53. The second-order valence-corrected chi connectivity index (χ2v) is 7.79. The number of unbranched alkanes of at least 4 members (excludes halogenated alkanes) is 2. The number of benzene rings is 2. The second-order valence-electron chi connectivity index (χ2n) is 7.79. The number of hydrogen-bond donors (Lipinski definition) is 0. The molecule has 0 amide bonds. The lowest BCUT2D eigenvalue weighted by Crippen LogP contribution is -2.40. The van der Waals surface area contributed by atoms with E-state index in [1.165, 1.54) is 50.9 Å². The highest BCUT2D eigenvalue weighted by Gasteiger charge is 2.39. The van der Waals surface area contributed by atoms with Gasteiger partial charge in [0.25, 0.3) is 0 Å². The van der Waals surface area contributed by atoms with E-state index in [1.807, 2.05) is 12.1 Å². The molecule has 4 rings (SSSR count). The summed E-state index contributed by atoms with van der Waals surface area (Å²) in [7, 11) is 0. The summed E-state index contributed by atoms with van der Waals surface area (Å²) in [5.74, 6) is 0.312.